The lowest BCUT2D eigenvalue weighted by Crippen LogP contribution is -2.44. The number of aromatic nitrogens is 1. The van der Waals surface area contributed by atoms with Crippen molar-refractivity contribution in [3.05, 3.63) is 28.5 Å². The fourth-order valence-electron chi connectivity index (χ4n) is 1.86. The molecule has 1 aromatic rings. The Balaban J connectivity index is 1.77. The minimum atomic E-state index is -0.617. The standard InChI is InChI=1S/C12H17BrN2O2/c13-10-1-2-11(15-7-10)8-14-9-12(16)3-5-17-6-4-12/h1-2,7,14,16H,3-6,8-9H2. The van der Waals surface area contributed by atoms with Crippen molar-refractivity contribution >= 4 is 15.9 Å². The first-order valence-corrected chi connectivity index (χ1v) is 6.59. The van der Waals surface area contributed by atoms with Crippen molar-refractivity contribution in [3.8, 4) is 0 Å². The zero-order valence-electron chi connectivity index (χ0n) is 9.66. The average Bonchev–Trinajstić information content (AvgIpc) is 2.32. The Labute approximate surface area is 110 Å². The molecule has 1 aliphatic heterocycles. The smallest absolute Gasteiger partial charge is 0.0815 e. The summed E-state index contributed by atoms with van der Waals surface area (Å²) in [7, 11) is 0. The van der Waals surface area contributed by atoms with E-state index in [9.17, 15) is 5.11 Å². The van der Waals surface area contributed by atoms with Gasteiger partial charge < -0.3 is 15.2 Å². The molecule has 1 saturated heterocycles. The van der Waals surface area contributed by atoms with E-state index in [0.29, 0.717) is 39.1 Å². The normalized spacial score (nSPS) is 19.2. The minimum absolute atomic E-state index is 0.591. The van der Waals surface area contributed by atoms with Crippen LogP contribution in [0.4, 0.5) is 0 Å². The van der Waals surface area contributed by atoms with E-state index in [2.05, 4.69) is 26.2 Å². The SMILES string of the molecule is OC1(CNCc2ccc(Br)cn2)CCOCC1. The van der Waals surface area contributed by atoms with Crippen molar-refractivity contribution in [3.63, 3.8) is 0 Å². The zero-order chi connectivity index (χ0) is 12.1. The number of halogens is 1. The van der Waals surface area contributed by atoms with Gasteiger partial charge in [-0.1, -0.05) is 0 Å². The van der Waals surface area contributed by atoms with E-state index in [-0.39, 0.29) is 0 Å². The first kappa shape index (κ1) is 13.0. The number of hydrogen-bond donors (Lipinski definition) is 2. The molecule has 2 rings (SSSR count). The second-order valence-electron chi connectivity index (χ2n) is 4.41. The highest BCUT2D eigenvalue weighted by molar-refractivity contribution is 9.10. The summed E-state index contributed by atoms with van der Waals surface area (Å²) in [5.74, 6) is 0. The number of pyridine rings is 1. The van der Waals surface area contributed by atoms with Crippen LogP contribution >= 0.6 is 15.9 Å². The van der Waals surface area contributed by atoms with E-state index >= 15 is 0 Å². The van der Waals surface area contributed by atoms with Crippen LogP contribution in [0.25, 0.3) is 0 Å². The molecule has 2 heterocycles. The third kappa shape index (κ3) is 4.03. The van der Waals surface area contributed by atoms with Crippen molar-refractivity contribution in [2.45, 2.75) is 25.0 Å². The molecule has 0 amide bonds. The lowest BCUT2D eigenvalue weighted by atomic mass is 9.94. The molecule has 0 bridgehead atoms. The van der Waals surface area contributed by atoms with Crippen LogP contribution in [-0.4, -0.2) is 35.5 Å². The molecule has 0 aliphatic carbocycles. The Kier molecular flexibility index (Phi) is 4.50. The Morgan fingerprint density at radius 1 is 1.41 bits per heavy atom. The van der Waals surface area contributed by atoms with Crippen LogP contribution in [0.1, 0.15) is 18.5 Å². The van der Waals surface area contributed by atoms with Gasteiger partial charge in [0.05, 0.1) is 11.3 Å². The van der Waals surface area contributed by atoms with Crippen molar-refractivity contribution in [1.82, 2.24) is 10.3 Å². The highest BCUT2D eigenvalue weighted by atomic mass is 79.9. The third-order valence-electron chi connectivity index (χ3n) is 2.97. The van der Waals surface area contributed by atoms with Gasteiger partial charge in [-0.2, -0.15) is 0 Å². The fraction of sp³-hybridized carbons (Fsp3) is 0.583. The molecule has 0 radical (unpaired) electrons. The van der Waals surface area contributed by atoms with Crippen LogP contribution in [0.15, 0.2) is 22.8 Å². The predicted molar refractivity (Wildman–Crippen MR) is 68.6 cm³/mol. The maximum atomic E-state index is 10.2. The third-order valence-corrected chi connectivity index (χ3v) is 3.44. The van der Waals surface area contributed by atoms with Gasteiger partial charge in [0.25, 0.3) is 0 Å². The maximum Gasteiger partial charge on any atom is 0.0815 e. The lowest BCUT2D eigenvalue weighted by molar-refractivity contribution is -0.0617. The van der Waals surface area contributed by atoms with E-state index in [0.717, 1.165) is 10.2 Å². The molecule has 2 N–H and O–H groups in total. The summed E-state index contributed by atoms with van der Waals surface area (Å²) in [5, 5.41) is 13.5. The molecular weight excluding hydrogens is 284 g/mol. The number of aliphatic hydroxyl groups is 1. The van der Waals surface area contributed by atoms with Crippen molar-refractivity contribution in [2.75, 3.05) is 19.8 Å². The highest BCUT2D eigenvalue weighted by Crippen LogP contribution is 2.19. The number of ether oxygens (including phenoxy) is 1. The van der Waals surface area contributed by atoms with E-state index < -0.39 is 5.60 Å². The van der Waals surface area contributed by atoms with Gasteiger partial charge in [-0.25, -0.2) is 0 Å². The second-order valence-corrected chi connectivity index (χ2v) is 5.32. The summed E-state index contributed by atoms with van der Waals surface area (Å²) in [4.78, 5) is 4.27. The van der Waals surface area contributed by atoms with Crippen molar-refractivity contribution in [2.24, 2.45) is 0 Å². The summed E-state index contributed by atoms with van der Waals surface area (Å²) in [5.41, 5.74) is 0.358. The molecule has 0 atom stereocenters. The summed E-state index contributed by atoms with van der Waals surface area (Å²) in [6.45, 7) is 2.56. The summed E-state index contributed by atoms with van der Waals surface area (Å²) >= 11 is 3.35. The Morgan fingerprint density at radius 3 is 2.82 bits per heavy atom. The molecule has 17 heavy (non-hydrogen) atoms. The van der Waals surface area contributed by atoms with Gasteiger partial charge in [-0.15, -0.1) is 0 Å². The molecule has 1 aliphatic rings. The highest BCUT2D eigenvalue weighted by Gasteiger charge is 2.28. The van der Waals surface area contributed by atoms with Gasteiger partial charge in [-0.3, -0.25) is 4.98 Å². The number of rotatable bonds is 4. The van der Waals surface area contributed by atoms with Crippen LogP contribution in [0.5, 0.6) is 0 Å². The van der Waals surface area contributed by atoms with Crippen LogP contribution in [0, 0.1) is 0 Å². The first-order valence-electron chi connectivity index (χ1n) is 5.79. The second kappa shape index (κ2) is 5.91. The molecule has 1 fully saturated rings. The van der Waals surface area contributed by atoms with Crippen LogP contribution in [-0.2, 0) is 11.3 Å². The van der Waals surface area contributed by atoms with Gasteiger partial charge in [-0.05, 0) is 28.1 Å². The predicted octanol–water partition coefficient (Wildman–Crippen LogP) is 1.48. The van der Waals surface area contributed by atoms with E-state index in [1.807, 2.05) is 12.1 Å². The molecule has 0 aromatic carbocycles. The summed E-state index contributed by atoms with van der Waals surface area (Å²) in [6.07, 6.45) is 3.18. The summed E-state index contributed by atoms with van der Waals surface area (Å²) < 4.78 is 6.21. The largest absolute Gasteiger partial charge is 0.388 e. The maximum absolute atomic E-state index is 10.2. The fourth-order valence-corrected chi connectivity index (χ4v) is 2.10. The number of nitrogens with one attached hydrogen (secondary N) is 1. The van der Waals surface area contributed by atoms with Crippen molar-refractivity contribution in [1.29, 1.82) is 0 Å². The molecule has 94 valence electrons. The molecule has 0 saturated carbocycles. The quantitative estimate of drug-likeness (QED) is 0.884. The Morgan fingerprint density at radius 2 is 2.18 bits per heavy atom. The average molecular weight is 301 g/mol. The van der Waals surface area contributed by atoms with Gasteiger partial charge in [0, 0.05) is 49.8 Å². The van der Waals surface area contributed by atoms with E-state index in [4.69, 9.17) is 4.74 Å². The minimum Gasteiger partial charge on any atom is -0.388 e. The van der Waals surface area contributed by atoms with E-state index in [1.54, 1.807) is 6.20 Å². The number of hydrogen-bond acceptors (Lipinski definition) is 4. The summed E-state index contributed by atoms with van der Waals surface area (Å²) in [6, 6.07) is 3.93. The molecule has 1 aromatic heterocycles. The molecule has 4 nitrogen and oxygen atoms in total. The Hall–Kier alpha value is -0.490. The van der Waals surface area contributed by atoms with Gasteiger partial charge in [0.15, 0.2) is 0 Å². The van der Waals surface area contributed by atoms with Crippen molar-refractivity contribution < 1.29 is 9.84 Å². The first-order chi connectivity index (χ1) is 8.18. The Bertz CT molecular complexity index is 350. The molecule has 5 heteroatoms. The number of nitrogens with zero attached hydrogens (tertiary/aromatic N) is 1. The molecular formula is C12H17BrN2O2. The molecule has 0 spiro atoms. The molecule has 0 unspecified atom stereocenters. The zero-order valence-corrected chi connectivity index (χ0v) is 11.2. The van der Waals surface area contributed by atoms with E-state index in [1.165, 1.54) is 0 Å². The van der Waals surface area contributed by atoms with Gasteiger partial charge >= 0.3 is 0 Å². The van der Waals surface area contributed by atoms with Gasteiger partial charge in [0.2, 0.25) is 0 Å². The van der Waals surface area contributed by atoms with Gasteiger partial charge in [0.1, 0.15) is 0 Å². The monoisotopic (exact) mass is 300 g/mol. The van der Waals surface area contributed by atoms with Crippen LogP contribution in [0.2, 0.25) is 0 Å². The topological polar surface area (TPSA) is 54.4 Å². The lowest BCUT2D eigenvalue weighted by Gasteiger charge is -2.32. The van der Waals surface area contributed by atoms with Crippen LogP contribution < -0.4 is 5.32 Å². The van der Waals surface area contributed by atoms with Crippen LogP contribution in [0.3, 0.4) is 0 Å².